The molecule has 0 aliphatic rings. The van der Waals surface area contributed by atoms with Crippen LogP contribution in [0.5, 0.6) is 0 Å². The van der Waals surface area contributed by atoms with Crippen LogP contribution in [0.15, 0.2) is 42.5 Å². The Balaban J connectivity index is 0.00000200. The fourth-order valence-electron chi connectivity index (χ4n) is 1.85. The van der Waals surface area contributed by atoms with E-state index in [-0.39, 0.29) is 18.3 Å². The van der Waals surface area contributed by atoms with Crippen molar-refractivity contribution in [2.75, 3.05) is 0 Å². The number of nitrogens with two attached hydrogens (primary N) is 1. The summed E-state index contributed by atoms with van der Waals surface area (Å²) in [4.78, 5) is 14.3. The third-order valence-electron chi connectivity index (χ3n) is 2.87. The fourth-order valence-corrected chi connectivity index (χ4v) is 2.68. The SMILES string of the molecule is Cc1ccc(CNC(=O)[C@@H](N)Cc2ccccc2)s1.Cl. The molecule has 0 aliphatic carbocycles. The largest absolute Gasteiger partial charge is 0.350 e. The molecule has 0 saturated carbocycles. The van der Waals surface area contributed by atoms with Gasteiger partial charge in [0.1, 0.15) is 0 Å². The van der Waals surface area contributed by atoms with E-state index in [1.165, 1.54) is 4.88 Å². The number of hydrogen-bond acceptors (Lipinski definition) is 3. The number of nitrogens with one attached hydrogen (secondary N) is 1. The molecule has 2 rings (SSSR count). The van der Waals surface area contributed by atoms with Crippen LogP contribution in [0.1, 0.15) is 15.3 Å². The summed E-state index contributed by atoms with van der Waals surface area (Å²) in [6.45, 7) is 2.61. The maximum Gasteiger partial charge on any atom is 0.237 e. The van der Waals surface area contributed by atoms with E-state index in [9.17, 15) is 4.79 Å². The van der Waals surface area contributed by atoms with Gasteiger partial charge in [0, 0.05) is 9.75 Å². The Morgan fingerprint density at radius 2 is 1.95 bits per heavy atom. The first-order valence-electron chi connectivity index (χ1n) is 6.27. The predicted octanol–water partition coefficient (Wildman–Crippen LogP) is 2.66. The molecule has 2 aromatic rings. The summed E-state index contributed by atoms with van der Waals surface area (Å²) < 4.78 is 0. The van der Waals surface area contributed by atoms with Crippen molar-refractivity contribution in [3.8, 4) is 0 Å². The Kier molecular flexibility index (Phi) is 6.71. The van der Waals surface area contributed by atoms with E-state index in [0.717, 1.165) is 10.4 Å². The van der Waals surface area contributed by atoms with Gasteiger partial charge < -0.3 is 11.1 Å². The van der Waals surface area contributed by atoms with E-state index in [1.54, 1.807) is 11.3 Å². The minimum atomic E-state index is -0.497. The van der Waals surface area contributed by atoms with Crippen molar-refractivity contribution in [2.24, 2.45) is 5.73 Å². The van der Waals surface area contributed by atoms with Gasteiger partial charge in [-0.2, -0.15) is 0 Å². The van der Waals surface area contributed by atoms with Crippen LogP contribution in [0.2, 0.25) is 0 Å². The van der Waals surface area contributed by atoms with Crippen LogP contribution >= 0.6 is 23.7 Å². The van der Waals surface area contributed by atoms with Crippen molar-refractivity contribution in [2.45, 2.75) is 25.9 Å². The van der Waals surface area contributed by atoms with Crippen molar-refractivity contribution >= 4 is 29.7 Å². The second kappa shape index (κ2) is 8.04. The third-order valence-corrected chi connectivity index (χ3v) is 3.87. The van der Waals surface area contributed by atoms with Crippen LogP contribution in [-0.2, 0) is 17.8 Å². The van der Waals surface area contributed by atoms with Crippen molar-refractivity contribution in [3.05, 3.63) is 57.8 Å². The Morgan fingerprint density at radius 1 is 1.25 bits per heavy atom. The minimum Gasteiger partial charge on any atom is -0.350 e. The number of carbonyl (C=O) groups excluding carboxylic acids is 1. The van der Waals surface area contributed by atoms with Crippen LogP contribution in [-0.4, -0.2) is 11.9 Å². The van der Waals surface area contributed by atoms with Gasteiger partial charge in [0.15, 0.2) is 0 Å². The molecule has 5 heteroatoms. The van der Waals surface area contributed by atoms with Gasteiger partial charge in [0.05, 0.1) is 12.6 Å². The lowest BCUT2D eigenvalue weighted by Gasteiger charge is -2.11. The Morgan fingerprint density at radius 3 is 2.55 bits per heavy atom. The molecule has 0 saturated heterocycles. The maximum absolute atomic E-state index is 11.9. The summed E-state index contributed by atoms with van der Waals surface area (Å²) in [6, 6.07) is 13.4. The Bertz CT molecular complexity index is 542. The summed E-state index contributed by atoms with van der Waals surface area (Å²) in [5.74, 6) is -0.102. The van der Waals surface area contributed by atoms with E-state index >= 15 is 0 Å². The van der Waals surface area contributed by atoms with Gasteiger partial charge in [-0.3, -0.25) is 4.79 Å². The lowest BCUT2D eigenvalue weighted by Crippen LogP contribution is -2.41. The zero-order chi connectivity index (χ0) is 13.7. The van der Waals surface area contributed by atoms with E-state index in [1.807, 2.05) is 36.4 Å². The molecule has 1 aromatic carbocycles. The minimum absolute atomic E-state index is 0. The highest BCUT2D eigenvalue weighted by atomic mass is 35.5. The first kappa shape index (κ1) is 16.7. The van der Waals surface area contributed by atoms with Crippen molar-refractivity contribution < 1.29 is 4.79 Å². The predicted molar refractivity (Wildman–Crippen MR) is 86.3 cm³/mol. The highest BCUT2D eigenvalue weighted by Crippen LogP contribution is 2.14. The molecule has 3 nitrogen and oxygen atoms in total. The Hall–Kier alpha value is -1.36. The van der Waals surface area contributed by atoms with Gasteiger partial charge in [-0.05, 0) is 31.0 Å². The van der Waals surface area contributed by atoms with Crippen LogP contribution in [0.3, 0.4) is 0 Å². The molecule has 0 unspecified atom stereocenters. The molecule has 1 amide bonds. The normalized spacial score (nSPS) is 11.5. The van der Waals surface area contributed by atoms with E-state index in [0.29, 0.717) is 13.0 Å². The van der Waals surface area contributed by atoms with Gasteiger partial charge in [-0.15, -0.1) is 23.7 Å². The first-order chi connectivity index (χ1) is 9.15. The zero-order valence-corrected chi connectivity index (χ0v) is 13.0. The highest BCUT2D eigenvalue weighted by molar-refractivity contribution is 7.11. The zero-order valence-electron chi connectivity index (χ0n) is 11.3. The number of aryl methyl sites for hydroxylation is 1. The topological polar surface area (TPSA) is 55.1 Å². The molecular weight excluding hydrogens is 292 g/mol. The molecule has 1 atom stereocenters. The summed E-state index contributed by atoms with van der Waals surface area (Å²) in [5.41, 5.74) is 6.99. The molecule has 0 spiro atoms. The lowest BCUT2D eigenvalue weighted by atomic mass is 10.1. The lowest BCUT2D eigenvalue weighted by molar-refractivity contribution is -0.122. The molecule has 0 radical (unpaired) electrons. The third kappa shape index (κ3) is 4.96. The van der Waals surface area contributed by atoms with Crippen molar-refractivity contribution in [1.29, 1.82) is 0 Å². The van der Waals surface area contributed by atoms with E-state index in [4.69, 9.17) is 5.73 Å². The van der Waals surface area contributed by atoms with E-state index in [2.05, 4.69) is 18.3 Å². The van der Waals surface area contributed by atoms with Crippen LogP contribution in [0, 0.1) is 6.92 Å². The number of hydrogen-bond donors (Lipinski definition) is 2. The smallest absolute Gasteiger partial charge is 0.237 e. The highest BCUT2D eigenvalue weighted by Gasteiger charge is 2.13. The summed E-state index contributed by atoms with van der Waals surface area (Å²) in [5, 5.41) is 2.88. The second-order valence-electron chi connectivity index (χ2n) is 4.53. The monoisotopic (exact) mass is 310 g/mol. The number of rotatable bonds is 5. The van der Waals surface area contributed by atoms with Gasteiger partial charge >= 0.3 is 0 Å². The van der Waals surface area contributed by atoms with Gasteiger partial charge in [0.25, 0.3) is 0 Å². The van der Waals surface area contributed by atoms with Crippen LogP contribution in [0.25, 0.3) is 0 Å². The standard InChI is InChI=1S/C15H18N2OS.ClH/c1-11-7-8-13(19-11)10-17-15(18)14(16)9-12-5-3-2-4-6-12;/h2-8,14H,9-10,16H2,1H3,(H,17,18);1H/t14-;/m0./s1. The van der Waals surface area contributed by atoms with Gasteiger partial charge in [-0.1, -0.05) is 30.3 Å². The van der Waals surface area contributed by atoms with Crippen LogP contribution < -0.4 is 11.1 Å². The molecule has 108 valence electrons. The van der Waals surface area contributed by atoms with Crippen molar-refractivity contribution in [3.63, 3.8) is 0 Å². The maximum atomic E-state index is 11.9. The second-order valence-corrected chi connectivity index (χ2v) is 5.90. The fraction of sp³-hybridized carbons (Fsp3) is 0.267. The first-order valence-corrected chi connectivity index (χ1v) is 7.09. The molecule has 0 fully saturated rings. The molecule has 1 aromatic heterocycles. The number of amides is 1. The summed E-state index contributed by atoms with van der Waals surface area (Å²) in [6.07, 6.45) is 0.566. The molecule has 20 heavy (non-hydrogen) atoms. The molecule has 1 heterocycles. The van der Waals surface area contributed by atoms with Gasteiger partial charge in [0.2, 0.25) is 5.91 Å². The van der Waals surface area contributed by atoms with E-state index < -0.39 is 6.04 Å². The number of carbonyl (C=O) groups is 1. The molecule has 0 bridgehead atoms. The van der Waals surface area contributed by atoms with Crippen molar-refractivity contribution in [1.82, 2.24) is 5.32 Å². The molecule has 0 aliphatic heterocycles. The molecular formula is C15H19ClN2OS. The summed E-state index contributed by atoms with van der Waals surface area (Å²) in [7, 11) is 0. The number of benzene rings is 1. The number of halogens is 1. The average molecular weight is 311 g/mol. The quantitative estimate of drug-likeness (QED) is 0.892. The van der Waals surface area contributed by atoms with Gasteiger partial charge in [-0.25, -0.2) is 0 Å². The average Bonchev–Trinajstić information content (AvgIpc) is 2.83. The summed E-state index contributed by atoms with van der Waals surface area (Å²) >= 11 is 1.69. The number of thiophene rings is 1. The van der Waals surface area contributed by atoms with Crippen LogP contribution in [0.4, 0.5) is 0 Å². The molecule has 3 N–H and O–H groups in total. The Labute approximate surface area is 129 Å².